The van der Waals surface area contributed by atoms with Crippen molar-refractivity contribution >= 4 is 28.6 Å². The number of para-hydroxylation sites is 1. The maximum absolute atomic E-state index is 12.9. The fraction of sp³-hybridized carbons (Fsp3) is 0.375. The number of benzene rings is 2. The molecule has 3 aromatic rings. The highest BCUT2D eigenvalue weighted by molar-refractivity contribution is 8.01. The third kappa shape index (κ3) is 5.47. The van der Waals surface area contributed by atoms with Crippen LogP contribution in [0.2, 0.25) is 0 Å². The number of aromatic nitrogens is 2. The van der Waals surface area contributed by atoms with Gasteiger partial charge in [0.05, 0.1) is 24.1 Å². The maximum atomic E-state index is 12.9. The molecular formula is C24H28N2O4S. The lowest BCUT2D eigenvalue weighted by molar-refractivity contribution is -0.145. The minimum absolute atomic E-state index is 0.0426. The summed E-state index contributed by atoms with van der Waals surface area (Å²) < 4.78 is 12.0. The number of ether oxygens (including phenoxy) is 2. The summed E-state index contributed by atoms with van der Waals surface area (Å²) in [5.41, 5.74) is 0.680. The van der Waals surface area contributed by atoms with Crippen LogP contribution in [0.5, 0.6) is 5.75 Å². The second-order valence-electron chi connectivity index (χ2n) is 7.51. The Morgan fingerprint density at radius 2 is 1.81 bits per heavy atom. The Morgan fingerprint density at radius 1 is 1.10 bits per heavy atom. The van der Waals surface area contributed by atoms with Gasteiger partial charge in [-0.1, -0.05) is 19.1 Å². The molecule has 164 valence electrons. The zero-order valence-corrected chi connectivity index (χ0v) is 19.2. The van der Waals surface area contributed by atoms with Gasteiger partial charge >= 0.3 is 5.97 Å². The third-order valence-corrected chi connectivity index (χ3v) is 5.99. The molecule has 0 spiro atoms. The van der Waals surface area contributed by atoms with Crippen LogP contribution in [0.25, 0.3) is 10.9 Å². The predicted octanol–water partition coefficient (Wildman–Crippen LogP) is 4.47. The van der Waals surface area contributed by atoms with Crippen molar-refractivity contribution in [3.05, 3.63) is 64.7 Å². The number of rotatable bonds is 9. The minimum atomic E-state index is -0.667. The first-order valence-electron chi connectivity index (χ1n) is 10.4. The highest BCUT2D eigenvalue weighted by atomic mass is 32.2. The van der Waals surface area contributed by atoms with Crippen LogP contribution in [-0.2, 0) is 22.5 Å². The van der Waals surface area contributed by atoms with Crippen LogP contribution in [0.4, 0.5) is 0 Å². The van der Waals surface area contributed by atoms with E-state index in [0.717, 1.165) is 16.2 Å². The number of carbonyl (C=O) groups is 1. The van der Waals surface area contributed by atoms with Crippen molar-refractivity contribution in [2.75, 3.05) is 13.2 Å². The van der Waals surface area contributed by atoms with Gasteiger partial charge in [0, 0.05) is 11.3 Å². The summed E-state index contributed by atoms with van der Waals surface area (Å²) >= 11 is 1.45. The van der Waals surface area contributed by atoms with Crippen LogP contribution < -0.4 is 10.3 Å². The Morgan fingerprint density at radius 3 is 2.48 bits per heavy atom. The summed E-state index contributed by atoms with van der Waals surface area (Å²) in [6, 6.07) is 15.0. The van der Waals surface area contributed by atoms with Crippen molar-refractivity contribution in [2.45, 2.75) is 50.3 Å². The average Bonchev–Trinajstić information content (AvgIpc) is 2.76. The van der Waals surface area contributed by atoms with Gasteiger partial charge in [0.15, 0.2) is 0 Å². The average molecular weight is 441 g/mol. The monoisotopic (exact) mass is 440 g/mol. The fourth-order valence-corrected chi connectivity index (χ4v) is 4.22. The predicted molar refractivity (Wildman–Crippen MR) is 124 cm³/mol. The lowest BCUT2D eigenvalue weighted by atomic mass is 10.2. The Labute approximate surface area is 186 Å². The molecule has 6 nitrogen and oxygen atoms in total. The van der Waals surface area contributed by atoms with Crippen molar-refractivity contribution in [3.63, 3.8) is 0 Å². The minimum Gasteiger partial charge on any atom is -0.492 e. The van der Waals surface area contributed by atoms with E-state index in [2.05, 4.69) is 4.98 Å². The molecule has 0 bridgehead atoms. The van der Waals surface area contributed by atoms with Crippen molar-refractivity contribution in [3.8, 4) is 5.75 Å². The van der Waals surface area contributed by atoms with Gasteiger partial charge in [0.2, 0.25) is 0 Å². The van der Waals surface area contributed by atoms with Gasteiger partial charge in [-0.05, 0) is 57.2 Å². The van der Waals surface area contributed by atoms with Crippen molar-refractivity contribution in [1.82, 2.24) is 9.55 Å². The van der Waals surface area contributed by atoms with Crippen molar-refractivity contribution in [1.29, 1.82) is 0 Å². The van der Waals surface area contributed by atoms with E-state index < -0.39 is 4.75 Å². The molecule has 31 heavy (non-hydrogen) atoms. The Balaban J connectivity index is 1.65. The van der Waals surface area contributed by atoms with E-state index in [1.54, 1.807) is 17.6 Å². The van der Waals surface area contributed by atoms with Crippen molar-refractivity contribution < 1.29 is 14.3 Å². The molecule has 0 amide bonds. The Kier molecular flexibility index (Phi) is 7.38. The van der Waals surface area contributed by atoms with Crippen LogP contribution in [0.3, 0.4) is 0 Å². The zero-order valence-electron chi connectivity index (χ0n) is 18.4. The molecule has 0 aliphatic heterocycles. The van der Waals surface area contributed by atoms with Crippen LogP contribution in [0, 0.1) is 0 Å². The Bertz CT molecular complexity index is 1110. The van der Waals surface area contributed by atoms with Gasteiger partial charge in [-0.25, -0.2) is 4.98 Å². The van der Waals surface area contributed by atoms with Gasteiger partial charge in [0.1, 0.15) is 22.9 Å². The summed E-state index contributed by atoms with van der Waals surface area (Å²) in [4.78, 5) is 30.5. The van der Waals surface area contributed by atoms with E-state index in [4.69, 9.17) is 9.47 Å². The summed E-state index contributed by atoms with van der Waals surface area (Å²) in [6.45, 7) is 8.63. The maximum Gasteiger partial charge on any atom is 0.321 e. The van der Waals surface area contributed by atoms with Gasteiger partial charge in [-0.2, -0.15) is 0 Å². The molecule has 2 aromatic carbocycles. The van der Waals surface area contributed by atoms with E-state index in [1.165, 1.54) is 11.8 Å². The summed E-state index contributed by atoms with van der Waals surface area (Å²) in [5, 5.41) is 0.616. The fourth-order valence-electron chi connectivity index (χ4n) is 3.21. The molecule has 0 saturated carbocycles. The van der Waals surface area contributed by atoms with Crippen LogP contribution in [0.1, 0.15) is 33.5 Å². The molecule has 0 atom stereocenters. The molecular weight excluding hydrogens is 412 g/mol. The standard InChI is InChI=1S/C24H28N2O4S/c1-5-21-25-20-10-8-7-9-19(20)22(27)26(21)15-16-30-17-11-13-18(14-12-17)31-24(3,4)23(28)29-6-2/h7-14H,5-6,15-16H2,1-4H3. The first-order valence-corrected chi connectivity index (χ1v) is 11.2. The number of nitrogens with zero attached hydrogens (tertiary/aromatic N) is 2. The number of hydrogen-bond acceptors (Lipinski definition) is 6. The van der Waals surface area contributed by atoms with Crippen LogP contribution >= 0.6 is 11.8 Å². The number of hydrogen-bond donors (Lipinski definition) is 0. The van der Waals surface area contributed by atoms with Gasteiger partial charge in [-0.15, -0.1) is 11.8 Å². The van der Waals surface area contributed by atoms with E-state index in [1.807, 2.05) is 63.2 Å². The second-order valence-corrected chi connectivity index (χ2v) is 9.20. The van der Waals surface area contributed by atoms with Crippen LogP contribution in [0.15, 0.2) is 58.2 Å². The second kappa shape index (κ2) is 10.0. The Hall–Kier alpha value is -2.80. The lowest BCUT2D eigenvalue weighted by Crippen LogP contribution is -2.29. The van der Waals surface area contributed by atoms with E-state index >= 15 is 0 Å². The first-order chi connectivity index (χ1) is 14.9. The van der Waals surface area contributed by atoms with Gasteiger partial charge < -0.3 is 9.47 Å². The van der Waals surface area contributed by atoms with Gasteiger partial charge in [-0.3, -0.25) is 14.2 Å². The molecule has 3 rings (SSSR count). The topological polar surface area (TPSA) is 70.4 Å². The van der Waals surface area contributed by atoms with E-state index in [0.29, 0.717) is 37.3 Å². The normalized spacial score (nSPS) is 11.5. The van der Waals surface area contributed by atoms with Crippen LogP contribution in [-0.4, -0.2) is 33.5 Å². The molecule has 0 unspecified atom stereocenters. The number of carbonyl (C=O) groups excluding carboxylic acids is 1. The number of aryl methyl sites for hydroxylation is 1. The molecule has 1 heterocycles. The van der Waals surface area contributed by atoms with Crippen molar-refractivity contribution in [2.24, 2.45) is 0 Å². The lowest BCUT2D eigenvalue weighted by Gasteiger charge is -2.21. The quantitative estimate of drug-likeness (QED) is 0.361. The largest absolute Gasteiger partial charge is 0.492 e. The van der Waals surface area contributed by atoms with E-state index in [-0.39, 0.29) is 11.5 Å². The molecule has 0 N–H and O–H groups in total. The molecule has 0 radical (unpaired) electrons. The summed E-state index contributed by atoms with van der Waals surface area (Å²) in [6.07, 6.45) is 0.669. The molecule has 7 heteroatoms. The molecule has 0 aliphatic carbocycles. The summed E-state index contributed by atoms with van der Waals surface area (Å²) in [7, 11) is 0. The number of thioether (sulfide) groups is 1. The zero-order chi connectivity index (χ0) is 22.4. The molecule has 1 aromatic heterocycles. The number of fused-ring (bicyclic) bond motifs is 1. The third-order valence-electron chi connectivity index (χ3n) is 4.80. The number of esters is 1. The summed E-state index contributed by atoms with van der Waals surface area (Å²) in [5.74, 6) is 1.22. The smallest absolute Gasteiger partial charge is 0.321 e. The molecule has 0 saturated heterocycles. The highest BCUT2D eigenvalue weighted by Gasteiger charge is 2.30. The highest BCUT2D eigenvalue weighted by Crippen LogP contribution is 2.34. The first kappa shape index (κ1) is 22.9. The van der Waals surface area contributed by atoms with Gasteiger partial charge in [0.25, 0.3) is 5.56 Å². The SMILES string of the molecule is CCOC(=O)C(C)(C)Sc1ccc(OCCn2c(CC)nc3ccccc3c2=O)cc1. The molecule has 0 fully saturated rings. The molecule has 0 aliphatic rings. The van der Waals surface area contributed by atoms with E-state index in [9.17, 15) is 9.59 Å².